The Balaban J connectivity index is 2.00. The van der Waals surface area contributed by atoms with Gasteiger partial charge in [0.15, 0.2) is 11.5 Å². The molecule has 1 aliphatic rings. The summed E-state index contributed by atoms with van der Waals surface area (Å²) >= 11 is 0. The van der Waals surface area contributed by atoms with E-state index in [4.69, 9.17) is 15.2 Å². The molecule has 0 amide bonds. The minimum Gasteiger partial charge on any atom is -0.490 e. The number of fused-ring (bicyclic) bond motifs is 1. The zero-order chi connectivity index (χ0) is 14.1. The van der Waals surface area contributed by atoms with E-state index in [0.717, 1.165) is 29.2 Å². The zero-order valence-corrected chi connectivity index (χ0v) is 11.8. The quantitative estimate of drug-likeness (QED) is 0.914. The highest BCUT2D eigenvalue weighted by Gasteiger charge is 2.15. The lowest BCUT2D eigenvalue weighted by molar-refractivity contribution is 0.297. The van der Waals surface area contributed by atoms with Crippen LogP contribution in [-0.4, -0.2) is 23.0 Å². The van der Waals surface area contributed by atoms with E-state index in [1.165, 1.54) is 0 Å². The third-order valence-electron chi connectivity index (χ3n) is 3.31. The van der Waals surface area contributed by atoms with Crippen molar-refractivity contribution in [2.75, 3.05) is 18.9 Å². The number of benzene rings is 1. The molecule has 0 unspecified atom stereocenters. The molecule has 0 bridgehead atoms. The molecule has 5 heteroatoms. The second kappa shape index (κ2) is 5.07. The molecule has 0 atom stereocenters. The van der Waals surface area contributed by atoms with Gasteiger partial charge in [0.1, 0.15) is 5.69 Å². The number of aromatic nitrogens is 2. The SMILES string of the molecule is CC(C)n1cc(N)c(-c2ccc3c(c2)OCCCO3)n1. The average Bonchev–Trinajstić information content (AvgIpc) is 2.68. The average molecular weight is 273 g/mol. The van der Waals surface area contributed by atoms with E-state index in [0.29, 0.717) is 18.9 Å². The highest BCUT2D eigenvalue weighted by molar-refractivity contribution is 5.74. The Morgan fingerprint density at radius 1 is 1.20 bits per heavy atom. The molecule has 0 saturated carbocycles. The second-order valence-corrected chi connectivity index (χ2v) is 5.22. The molecule has 2 heterocycles. The van der Waals surface area contributed by atoms with Crippen LogP contribution in [-0.2, 0) is 0 Å². The summed E-state index contributed by atoms with van der Waals surface area (Å²) in [4.78, 5) is 0. The normalized spacial score (nSPS) is 14.3. The maximum absolute atomic E-state index is 6.06. The molecule has 2 aromatic rings. The van der Waals surface area contributed by atoms with Gasteiger partial charge in [-0.25, -0.2) is 0 Å². The number of nitrogens with zero attached hydrogens (tertiary/aromatic N) is 2. The first kappa shape index (κ1) is 12.8. The molecule has 5 nitrogen and oxygen atoms in total. The highest BCUT2D eigenvalue weighted by Crippen LogP contribution is 2.35. The van der Waals surface area contributed by atoms with Crippen LogP contribution in [0.4, 0.5) is 5.69 Å². The Hall–Kier alpha value is -2.17. The molecule has 2 N–H and O–H groups in total. The molecule has 0 aliphatic carbocycles. The van der Waals surface area contributed by atoms with Gasteiger partial charge in [-0.2, -0.15) is 5.10 Å². The van der Waals surface area contributed by atoms with Crippen molar-refractivity contribution in [3.8, 4) is 22.8 Å². The van der Waals surface area contributed by atoms with Crippen LogP contribution in [0.5, 0.6) is 11.5 Å². The van der Waals surface area contributed by atoms with E-state index >= 15 is 0 Å². The van der Waals surface area contributed by atoms with Crippen molar-refractivity contribution in [2.24, 2.45) is 0 Å². The van der Waals surface area contributed by atoms with Gasteiger partial charge in [0.05, 0.1) is 18.9 Å². The largest absolute Gasteiger partial charge is 0.490 e. The topological polar surface area (TPSA) is 62.3 Å². The van der Waals surface area contributed by atoms with Crippen LogP contribution < -0.4 is 15.2 Å². The fourth-order valence-electron chi connectivity index (χ4n) is 2.21. The minimum absolute atomic E-state index is 0.284. The first-order valence-corrected chi connectivity index (χ1v) is 6.90. The maximum atomic E-state index is 6.06. The lowest BCUT2D eigenvalue weighted by Crippen LogP contribution is -2.00. The Kier molecular flexibility index (Phi) is 3.26. The first-order chi connectivity index (χ1) is 9.65. The lowest BCUT2D eigenvalue weighted by Gasteiger charge is -2.08. The summed E-state index contributed by atoms with van der Waals surface area (Å²) in [5.41, 5.74) is 8.47. The molecule has 3 rings (SSSR count). The molecule has 106 valence electrons. The summed E-state index contributed by atoms with van der Waals surface area (Å²) in [6.45, 7) is 5.51. The summed E-state index contributed by atoms with van der Waals surface area (Å²) < 4.78 is 13.2. The Labute approximate surface area is 118 Å². The number of anilines is 1. The standard InChI is InChI=1S/C15H19N3O2/c1-10(2)18-9-12(16)15(17-18)11-4-5-13-14(8-11)20-7-3-6-19-13/h4-5,8-10H,3,6-7,16H2,1-2H3. The molecule has 0 saturated heterocycles. The minimum atomic E-state index is 0.284. The number of hydrogen-bond acceptors (Lipinski definition) is 4. The summed E-state index contributed by atoms with van der Waals surface area (Å²) in [6, 6.07) is 6.12. The molecule has 0 fully saturated rings. The van der Waals surface area contributed by atoms with E-state index in [-0.39, 0.29) is 6.04 Å². The van der Waals surface area contributed by atoms with E-state index in [1.54, 1.807) is 0 Å². The van der Waals surface area contributed by atoms with Crippen LogP contribution in [0.3, 0.4) is 0 Å². The van der Waals surface area contributed by atoms with E-state index in [2.05, 4.69) is 18.9 Å². The van der Waals surface area contributed by atoms with Gasteiger partial charge in [-0.15, -0.1) is 0 Å². The van der Waals surface area contributed by atoms with Crippen LogP contribution >= 0.6 is 0 Å². The van der Waals surface area contributed by atoms with Gasteiger partial charge < -0.3 is 15.2 Å². The van der Waals surface area contributed by atoms with Crippen molar-refractivity contribution in [3.63, 3.8) is 0 Å². The number of nitrogens with two attached hydrogens (primary N) is 1. The van der Waals surface area contributed by atoms with Gasteiger partial charge in [-0.3, -0.25) is 4.68 Å². The summed E-state index contributed by atoms with van der Waals surface area (Å²) in [7, 11) is 0. The van der Waals surface area contributed by atoms with Gasteiger partial charge in [0, 0.05) is 24.2 Å². The number of rotatable bonds is 2. The van der Waals surface area contributed by atoms with Crippen molar-refractivity contribution in [2.45, 2.75) is 26.3 Å². The summed E-state index contributed by atoms with van der Waals surface area (Å²) in [6.07, 6.45) is 2.76. The molecular formula is C15H19N3O2. The Morgan fingerprint density at radius 3 is 2.65 bits per heavy atom. The predicted molar refractivity (Wildman–Crippen MR) is 78.1 cm³/mol. The van der Waals surface area contributed by atoms with Crippen LogP contribution in [0.15, 0.2) is 24.4 Å². The third kappa shape index (κ3) is 2.31. The number of ether oxygens (including phenoxy) is 2. The second-order valence-electron chi connectivity index (χ2n) is 5.22. The van der Waals surface area contributed by atoms with Crippen molar-refractivity contribution in [1.29, 1.82) is 0 Å². The fourth-order valence-corrected chi connectivity index (χ4v) is 2.21. The molecular weight excluding hydrogens is 254 g/mol. The van der Waals surface area contributed by atoms with Crippen molar-refractivity contribution < 1.29 is 9.47 Å². The van der Waals surface area contributed by atoms with Crippen molar-refractivity contribution >= 4 is 5.69 Å². The van der Waals surface area contributed by atoms with E-state index in [9.17, 15) is 0 Å². The molecule has 1 aromatic carbocycles. The third-order valence-corrected chi connectivity index (χ3v) is 3.31. The summed E-state index contributed by atoms with van der Waals surface area (Å²) in [5.74, 6) is 1.55. The molecule has 0 radical (unpaired) electrons. The van der Waals surface area contributed by atoms with Crippen LogP contribution in [0.2, 0.25) is 0 Å². The van der Waals surface area contributed by atoms with Gasteiger partial charge in [0.25, 0.3) is 0 Å². The van der Waals surface area contributed by atoms with Crippen LogP contribution in [0.1, 0.15) is 26.3 Å². The first-order valence-electron chi connectivity index (χ1n) is 6.90. The molecule has 20 heavy (non-hydrogen) atoms. The number of hydrogen-bond donors (Lipinski definition) is 1. The van der Waals surface area contributed by atoms with Crippen LogP contribution in [0, 0.1) is 0 Å². The van der Waals surface area contributed by atoms with Gasteiger partial charge >= 0.3 is 0 Å². The number of nitrogen functional groups attached to an aromatic ring is 1. The van der Waals surface area contributed by atoms with Crippen molar-refractivity contribution in [3.05, 3.63) is 24.4 Å². The Bertz CT molecular complexity index is 620. The van der Waals surface area contributed by atoms with E-state index in [1.807, 2.05) is 29.1 Å². The van der Waals surface area contributed by atoms with E-state index < -0.39 is 0 Å². The highest BCUT2D eigenvalue weighted by atomic mass is 16.5. The van der Waals surface area contributed by atoms with Gasteiger partial charge in [-0.1, -0.05) is 0 Å². The zero-order valence-electron chi connectivity index (χ0n) is 11.8. The van der Waals surface area contributed by atoms with Gasteiger partial charge in [0.2, 0.25) is 0 Å². The predicted octanol–water partition coefficient (Wildman–Crippen LogP) is 2.87. The molecule has 1 aliphatic heterocycles. The Morgan fingerprint density at radius 2 is 1.95 bits per heavy atom. The molecule has 0 spiro atoms. The van der Waals surface area contributed by atoms with Crippen LogP contribution in [0.25, 0.3) is 11.3 Å². The fraction of sp³-hybridized carbons (Fsp3) is 0.400. The lowest BCUT2D eigenvalue weighted by atomic mass is 10.1. The smallest absolute Gasteiger partial charge is 0.161 e. The summed E-state index contributed by atoms with van der Waals surface area (Å²) in [5, 5.41) is 4.55. The van der Waals surface area contributed by atoms with Crippen molar-refractivity contribution in [1.82, 2.24) is 9.78 Å². The van der Waals surface area contributed by atoms with Gasteiger partial charge in [-0.05, 0) is 32.0 Å². The monoisotopic (exact) mass is 273 g/mol. The molecule has 1 aromatic heterocycles. The maximum Gasteiger partial charge on any atom is 0.161 e.